The largest absolute Gasteiger partial charge is 0.481 e. The predicted molar refractivity (Wildman–Crippen MR) is 165 cm³/mol. The minimum absolute atomic E-state index is 0.0322. The van der Waals surface area contributed by atoms with Gasteiger partial charge in [-0.15, -0.1) is 5.10 Å². The number of nitrogens with zero attached hydrogens (tertiary/aromatic N) is 4. The molecule has 3 aromatic carbocycles. The van der Waals surface area contributed by atoms with Gasteiger partial charge >= 0.3 is 5.97 Å². The lowest BCUT2D eigenvalue weighted by molar-refractivity contribution is -0.136. The molecule has 1 aliphatic heterocycles. The van der Waals surface area contributed by atoms with Gasteiger partial charge in [0.15, 0.2) is 11.6 Å². The lowest BCUT2D eigenvalue weighted by Crippen LogP contribution is -2.11. The molecule has 0 aliphatic carbocycles. The van der Waals surface area contributed by atoms with Crippen LogP contribution in [0.3, 0.4) is 0 Å². The second-order valence-electron chi connectivity index (χ2n) is 11.4. The van der Waals surface area contributed by atoms with Gasteiger partial charge in [-0.05, 0) is 48.2 Å². The smallest absolute Gasteiger partial charge is 0.303 e. The maximum atomic E-state index is 15.8. The van der Waals surface area contributed by atoms with Gasteiger partial charge in [0.2, 0.25) is 0 Å². The minimum atomic E-state index is -1.02. The van der Waals surface area contributed by atoms with Crippen LogP contribution in [-0.2, 0) is 28.9 Å². The summed E-state index contributed by atoms with van der Waals surface area (Å²) in [5, 5.41) is 18.3. The highest BCUT2D eigenvalue weighted by Crippen LogP contribution is 2.37. The molecule has 0 spiro atoms. The van der Waals surface area contributed by atoms with Gasteiger partial charge in [0.25, 0.3) is 0 Å². The van der Waals surface area contributed by atoms with Gasteiger partial charge in [0, 0.05) is 72.2 Å². The number of halogens is 3. The number of benzene rings is 3. The number of hydrogen-bond donors (Lipinski definition) is 3. The van der Waals surface area contributed by atoms with E-state index >= 15 is 13.2 Å². The zero-order chi connectivity index (χ0) is 32.5. The molecular formula is C34H29F3N6O4. The molecule has 1 atom stereocenters. The summed E-state index contributed by atoms with van der Waals surface area (Å²) in [7, 11) is 0. The Hall–Kier alpha value is -5.43. The number of aryl methyl sites for hydroxylation is 1. The van der Waals surface area contributed by atoms with Gasteiger partial charge in [-0.1, -0.05) is 23.4 Å². The molecule has 10 nitrogen and oxygen atoms in total. The Balaban J connectivity index is 1.30. The van der Waals surface area contributed by atoms with E-state index in [2.05, 4.69) is 25.3 Å². The molecular weight excluding hydrogens is 613 g/mol. The summed E-state index contributed by atoms with van der Waals surface area (Å²) < 4.78 is 60.3. The van der Waals surface area contributed by atoms with Gasteiger partial charge in [-0.3, -0.25) is 4.79 Å². The molecule has 0 amide bonds. The van der Waals surface area contributed by atoms with E-state index < -0.39 is 29.3 Å². The number of carbonyl (C=O) groups is 1. The summed E-state index contributed by atoms with van der Waals surface area (Å²) in [5.74, 6) is -3.00. The summed E-state index contributed by atoms with van der Waals surface area (Å²) in [6.07, 6.45) is 5.60. The number of carboxylic acids is 1. The van der Waals surface area contributed by atoms with Crippen molar-refractivity contribution >= 4 is 16.9 Å². The zero-order valence-corrected chi connectivity index (χ0v) is 25.0. The van der Waals surface area contributed by atoms with Crippen LogP contribution in [0.1, 0.15) is 46.8 Å². The lowest BCUT2D eigenvalue weighted by Gasteiger charge is -2.18. The van der Waals surface area contributed by atoms with E-state index in [9.17, 15) is 4.79 Å². The third-order valence-corrected chi connectivity index (χ3v) is 8.30. The van der Waals surface area contributed by atoms with Crippen LogP contribution >= 0.6 is 0 Å². The van der Waals surface area contributed by atoms with Crippen LogP contribution in [0.4, 0.5) is 13.2 Å². The first-order chi connectivity index (χ1) is 22.8. The van der Waals surface area contributed by atoms with E-state index in [1.807, 2.05) is 6.07 Å². The molecule has 3 N–H and O–H groups in total. The number of aromatic nitrogens is 6. The zero-order valence-electron chi connectivity index (χ0n) is 25.0. The highest BCUT2D eigenvalue weighted by Gasteiger charge is 2.24. The number of ether oxygens (including phenoxy) is 2. The molecule has 240 valence electrons. The first-order valence-corrected chi connectivity index (χ1v) is 15.1. The summed E-state index contributed by atoms with van der Waals surface area (Å²) >= 11 is 0. The van der Waals surface area contributed by atoms with Crippen LogP contribution in [-0.4, -0.2) is 54.2 Å². The third-order valence-electron chi connectivity index (χ3n) is 8.30. The average molecular weight is 643 g/mol. The maximum absolute atomic E-state index is 15.8. The monoisotopic (exact) mass is 642 g/mol. The van der Waals surface area contributed by atoms with Crippen LogP contribution in [0.25, 0.3) is 22.3 Å². The van der Waals surface area contributed by atoms with Crippen LogP contribution < -0.4 is 4.74 Å². The Morgan fingerprint density at radius 1 is 1.09 bits per heavy atom. The molecule has 47 heavy (non-hydrogen) atoms. The molecule has 0 saturated heterocycles. The molecule has 1 unspecified atom stereocenters. The van der Waals surface area contributed by atoms with Gasteiger partial charge in [-0.2, -0.15) is 0 Å². The van der Waals surface area contributed by atoms with Crippen molar-refractivity contribution in [3.8, 4) is 22.9 Å². The third kappa shape index (κ3) is 6.21. The Labute approximate surface area is 266 Å². The van der Waals surface area contributed by atoms with E-state index in [0.717, 1.165) is 5.39 Å². The highest BCUT2D eigenvalue weighted by molar-refractivity contribution is 5.85. The van der Waals surface area contributed by atoms with E-state index in [1.54, 1.807) is 35.3 Å². The Kier molecular flexibility index (Phi) is 8.21. The van der Waals surface area contributed by atoms with E-state index in [1.165, 1.54) is 30.5 Å². The fourth-order valence-electron chi connectivity index (χ4n) is 5.96. The van der Waals surface area contributed by atoms with Crippen molar-refractivity contribution in [3.05, 3.63) is 113 Å². The quantitative estimate of drug-likeness (QED) is 0.200. The van der Waals surface area contributed by atoms with Crippen molar-refractivity contribution < 1.29 is 32.5 Å². The summed E-state index contributed by atoms with van der Waals surface area (Å²) in [5.41, 5.74) is 2.97. The van der Waals surface area contributed by atoms with Crippen LogP contribution in [0.2, 0.25) is 0 Å². The number of hydrogen-bond acceptors (Lipinski definition) is 6. The Morgan fingerprint density at radius 2 is 1.98 bits per heavy atom. The topological polar surface area (TPSA) is 131 Å². The van der Waals surface area contributed by atoms with E-state index in [4.69, 9.17) is 14.6 Å². The molecule has 3 aromatic heterocycles. The number of nitrogens with one attached hydrogen (secondary N) is 2. The maximum Gasteiger partial charge on any atom is 0.303 e. The first-order valence-electron chi connectivity index (χ1n) is 15.1. The molecule has 1 aliphatic rings. The van der Waals surface area contributed by atoms with Crippen LogP contribution in [0.5, 0.6) is 11.5 Å². The summed E-state index contributed by atoms with van der Waals surface area (Å²) in [4.78, 5) is 21.8. The average Bonchev–Trinajstić information content (AvgIpc) is 3.82. The van der Waals surface area contributed by atoms with Gasteiger partial charge < -0.3 is 24.5 Å². The fourth-order valence-corrected chi connectivity index (χ4v) is 5.96. The van der Waals surface area contributed by atoms with Crippen molar-refractivity contribution in [2.75, 3.05) is 13.2 Å². The number of fused-ring (bicyclic) bond motifs is 10. The summed E-state index contributed by atoms with van der Waals surface area (Å²) in [6, 6.07) is 12.1. The van der Waals surface area contributed by atoms with Crippen molar-refractivity contribution in [1.29, 1.82) is 0 Å². The highest BCUT2D eigenvalue weighted by atomic mass is 19.1. The number of aromatic amines is 2. The second-order valence-corrected chi connectivity index (χ2v) is 11.4. The Bertz CT molecular complexity index is 2090. The first kappa shape index (κ1) is 30.2. The van der Waals surface area contributed by atoms with Gasteiger partial charge in [-0.25, -0.2) is 22.8 Å². The number of H-pyrrole nitrogens is 2. The predicted octanol–water partition coefficient (Wildman–Crippen LogP) is 6.52. The molecule has 6 aromatic rings. The van der Waals surface area contributed by atoms with E-state index in [-0.39, 0.29) is 54.4 Å². The lowest BCUT2D eigenvalue weighted by atomic mass is 9.90. The van der Waals surface area contributed by atoms with Crippen LogP contribution in [0, 0.1) is 17.5 Å². The van der Waals surface area contributed by atoms with Crippen molar-refractivity contribution in [3.63, 3.8) is 0 Å². The molecule has 0 fully saturated rings. The Morgan fingerprint density at radius 3 is 2.85 bits per heavy atom. The molecule has 6 bridgehead atoms. The minimum Gasteiger partial charge on any atom is -0.481 e. The van der Waals surface area contributed by atoms with Gasteiger partial charge in [0.1, 0.15) is 23.2 Å². The molecule has 0 radical (unpaired) electrons. The van der Waals surface area contributed by atoms with Crippen molar-refractivity contribution in [2.45, 2.75) is 38.1 Å². The fraction of sp³-hybridized carbons (Fsp3) is 0.235. The SMILES string of the molecule is O=C(O)CCc1cccc(C2CCOCCc3cn(nn3)Cc3c(c(F)cc4[nH]ccc34)Oc3ccc(F)c(c3)-c3ncc2[nH]3)c1F. The number of carboxylic acid groups (broad SMARTS) is 1. The molecule has 0 saturated carbocycles. The number of rotatable bonds is 4. The van der Waals surface area contributed by atoms with Crippen molar-refractivity contribution in [2.24, 2.45) is 0 Å². The second kappa shape index (κ2) is 12.8. The summed E-state index contributed by atoms with van der Waals surface area (Å²) in [6.45, 7) is 0.722. The normalized spacial score (nSPS) is 15.3. The number of imidazole rings is 1. The number of aliphatic carboxylic acids is 1. The van der Waals surface area contributed by atoms with Gasteiger partial charge in [0.05, 0.1) is 24.4 Å². The molecule has 13 heteroatoms. The molecule has 4 heterocycles. The van der Waals surface area contributed by atoms with Crippen LogP contribution in [0.15, 0.2) is 67.1 Å². The van der Waals surface area contributed by atoms with Crippen molar-refractivity contribution in [1.82, 2.24) is 29.9 Å². The standard InChI is InChI=1S/C34H29F3N6O4/c35-27-6-5-21-14-25(27)34-39-16-30(40-34)23(24-3-1-2-19(32(24)37)4-7-31(44)45)10-13-46-12-9-20-17-43(42-41-20)18-26-22-8-11-38-29(22)15-28(36)33(26)47-21/h1-3,5-6,8,11,14-17,23,38H,4,7,9-10,12-13,18H2,(H,39,40)(H,44,45). The molecule has 7 rings (SSSR count). The van der Waals surface area contributed by atoms with E-state index in [0.29, 0.717) is 47.5 Å².